The van der Waals surface area contributed by atoms with Crippen molar-refractivity contribution in [3.63, 3.8) is 0 Å². The van der Waals surface area contributed by atoms with Gasteiger partial charge in [-0.15, -0.1) is 6.58 Å². The second-order valence-corrected chi connectivity index (χ2v) is 2.43. The average Bonchev–Trinajstić information content (AvgIpc) is 1.97. The quantitative estimate of drug-likeness (QED) is 0.450. The summed E-state index contributed by atoms with van der Waals surface area (Å²) in [6.45, 7) is 3.53. The van der Waals surface area contributed by atoms with Crippen LogP contribution in [0, 0.1) is 0 Å². The number of hydrogen-bond donors (Lipinski definition) is 2. The molecule has 0 heterocycles. The highest BCUT2D eigenvalue weighted by Gasteiger charge is 2.10. The Morgan fingerprint density at radius 2 is 2.18 bits per heavy atom. The van der Waals surface area contributed by atoms with Gasteiger partial charge in [0, 0.05) is 0 Å². The maximum Gasteiger partial charge on any atom is 0.332 e. The topological polar surface area (TPSA) is 57.5 Å². The molecule has 0 rings (SSSR count). The first-order valence-corrected chi connectivity index (χ1v) is 3.70. The molecule has 0 spiro atoms. The molecule has 0 aromatic rings. The van der Waals surface area contributed by atoms with Crippen molar-refractivity contribution < 1.29 is 15.0 Å². The molecule has 0 aromatic heterocycles. The van der Waals surface area contributed by atoms with Crippen molar-refractivity contribution >= 4 is 5.97 Å². The van der Waals surface area contributed by atoms with Crippen LogP contribution in [0.25, 0.3) is 0 Å². The summed E-state index contributed by atoms with van der Waals surface area (Å²) in [4.78, 5) is 10.1. The Labute approximate surface area is 66.4 Å². The average molecular weight is 158 g/mol. The number of carboxylic acid groups (broad SMARTS) is 1. The highest BCUT2D eigenvalue weighted by atomic mass is 16.4. The summed E-state index contributed by atoms with van der Waals surface area (Å²) in [6, 6.07) is 0. The van der Waals surface area contributed by atoms with Crippen LogP contribution in [0.15, 0.2) is 12.7 Å². The molecule has 3 heteroatoms. The lowest BCUT2D eigenvalue weighted by molar-refractivity contribution is -0.146. The maximum atomic E-state index is 10.1. The van der Waals surface area contributed by atoms with Gasteiger partial charge in [-0.25, -0.2) is 4.79 Å². The van der Waals surface area contributed by atoms with Crippen LogP contribution >= 0.6 is 0 Å². The molecule has 0 bridgehead atoms. The first-order chi connectivity index (χ1) is 5.18. The third-order valence-corrected chi connectivity index (χ3v) is 1.42. The number of aliphatic hydroxyl groups is 1. The van der Waals surface area contributed by atoms with Crippen molar-refractivity contribution in [3.8, 4) is 0 Å². The SMILES string of the molecule is C=CCCCCC(O)C(=O)O. The van der Waals surface area contributed by atoms with Crippen molar-refractivity contribution in [1.82, 2.24) is 0 Å². The number of hydrogen-bond acceptors (Lipinski definition) is 2. The summed E-state index contributed by atoms with van der Waals surface area (Å²) in [7, 11) is 0. The van der Waals surface area contributed by atoms with Crippen molar-refractivity contribution in [3.05, 3.63) is 12.7 Å². The van der Waals surface area contributed by atoms with E-state index in [0.29, 0.717) is 6.42 Å². The molecule has 0 amide bonds. The molecule has 0 aliphatic heterocycles. The van der Waals surface area contributed by atoms with Crippen molar-refractivity contribution in [2.24, 2.45) is 0 Å². The molecule has 0 saturated carbocycles. The third-order valence-electron chi connectivity index (χ3n) is 1.42. The molecule has 1 unspecified atom stereocenters. The number of aliphatic carboxylic acids is 1. The minimum absolute atomic E-state index is 0.336. The predicted molar refractivity (Wildman–Crippen MR) is 42.3 cm³/mol. The van der Waals surface area contributed by atoms with Gasteiger partial charge in [-0.3, -0.25) is 0 Å². The van der Waals surface area contributed by atoms with Gasteiger partial charge >= 0.3 is 5.97 Å². The molecule has 3 nitrogen and oxygen atoms in total. The molecule has 2 N–H and O–H groups in total. The Morgan fingerprint density at radius 3 is 2.64 bits per heavy atom. The molecule has 0 fully saturated rings. The second-order valence-electron chi connectivity index (χ2n) is 2.43. The van der Waals surface area contributed by atoms with Crippen molar-refractivity contribution in [2.75, 3.05) is 0 Å². The van der Waals surface area contributed by atoms with Gasteiger partial charge in [0.25, 0.3) is 0 Å². The molecule has 1 atom stereocenters. The molecular weight excluding hydrogens is 144 g/mol. The van der Waals surface area contributed by atoms with Gasteiger partial charge in [0.2, 0.25) is 0 Å². The minimum Gasteiger partial charge on any atom is -0.479 e. The van der Waals surface area contributed by atoms with Gasteiger partial charge < -0.3 is 10.2 Å². The van der Waals surface area contributed by atoms with E-state index in [9.17, 15) is 4.79 Å². The fraction of sp³-hybridized carbons (Fsp3) is 0.625. The zero-order valence-electron chi connectivity index (χ0n) is 6.49. The fourth-order valence-corrected chi connectivity index (χ4v) is 0.750. The van der Waals surface area contributed by atoms with E-state index in [1.165, 1.54) is 0 Å². The van der Waals surface area contributed by atoms with E-state index in [0.717, 1.165) is 19.3 Å². The van der Waals surface area contributed by atoms with Crippen LogP contribution in [0.2, 0.25) is 0 Å². The number of unbranched alkanes of at least 4 members (excludes halogenated alkanes) is 2. The summed E-state index contributed by atoms with van der Waals surface area (Å²) >= 11 is 0. The third kappa shape index (κ3) is 5.61. The molecule has 64 valence electrons. The van der Waals surface area contributed by atoms with E-state index in [1.807, 2.05) is 0 Å². The monoisotopic (exact) mass is 158 g/mol. The van der Waals surface area contributed by atoms with Gasteiger partial charge in [0.15, 0.2) is 6.10 Å². The smallest absolute Gasteiger partial charge is 0.332 e. The van der Waals surface area contributed by atoms with E-state index in [-0.39, 0.29) is 0 Å². The molecule has 0 aliphatic carbocycles. The first-order valence-electron chi connectivity index (χ1n) is 3.70. The van der Waals surface area contributed by atoms with Crippen molar-refractivity contribution in [2.45, 2.75) is 31.8 Å². The van der Waals surface area contributed by atoms with Crippen LogP contribution in [0.1, 0.15) is 25.7 Å². The van der Waals surface area contributed by atoms with Crippen LogP contribution in [-0.2, 0) is 4.79 Å². The lowest BCUT2D eigenvalue weighted by Gasteiger charge is -2.02. The summed E-state index contributed by atoms with van der Waals surface area (Å²) < 4.78 is 0. The molecule has 0 radical (unpaired) electrons. The highest BCUT2D eigenvalue weighted by molar-refractivity contribution is 5.71. The predicted octanol–water partition coefficient (Wildman–Crippen LogP) is 1.18. The number of aliphatic hydroxyl groups excluding tert-OH is 1. The van der Waals surface area contributed by atoms with E-state index < -0.39 is 12.1 Å². The Balaban J connectivity index is 3.24. The standard InChI is InChI=1S/C8H14O3/c1-2-3-4-5-6-7(9)8(10)11/h2,7,9H,1,3-6H2,(H,10,11). The Morgan fingerprint density at radius 1 is 1.55 bits per heavy atom. The zero-order chi connectivity index (χ0) is 8.69. The minimum atomic E-state index is -1.19. The fourth-order valence-electron chi connectivity index (χ4n) is 0.750. The number of carboxylic acids is 1. The Kier molecular flexibility index (Phi) is 5.47. The second kappa shape index (κ2) is 5.92. The molecule has 11 heavy (non-hydrogen) atoms. The lowest BCUT2D eigenvalue weighted by Crippen LogP contribution is -2.18. The molecule has 0 saturated heterocycles. The Bertz CT molecular complexity index is 131. The summed E-state index contributed by atoms with van der Waals surface area (Å²) in [5, 5.41) is 17.1. The molecule has 0 aliphatic rings. The van der Waals surface area contributed by atoms with Gasteiger partial charge in [0.05, 0.1) is 0 Å². The summed E-state index contributed by atoms with van der Waals surface area (Å²) in [5.74, 6) is -1.14. The maximum absolute atomic E-state index is 10.1. The van der Waals surface area contributed by atoms with E-state index in [2.05, 4.69) is 6.58 Å². The molecular formula is C8H14O3. The van der Waals surface area contributed by atoms with E-state index >= 15 is 0 Å². The first kappa shape index (κ1) is 10.2. The Hall–Kier alpha value is -0.830. The van der Waals surface area contributed by atoms with Crippen LogP contribution in [0.3, 0.4) is 0 Å². The zero-order valence-corrected chi connectivity index (χ0v) is 6.49. The number of allylic oxidation sites excluding steroid dienone is 1. The largest absolute Gasteiger partial charge is 0.479 e. The number of carbonyl (C=O) groups is 1. The van der Waals surface area contributed by atoms with Crippen LogP contribution in [-0.4, -0.2) is 22.3 Å². The summed E-state index contributed by atoms with van der Waals surface area (Å²) in [5.41, 5.74) is 0. The lowest BCUT2D eigenvalue weighted by atomic mass is 10.1. The van der Waals surface area contributed by atoms with Gasteiger partial charge in [-0.05, 0) is 25.7 Å². The van der Waals surface area contributed by atoms with Crippen molar-refractivity contribution in [1.29, 1.82) is 0 Å². The van der Waals surface area contributed by atoms with Crippen LogP contribution in [0.4, 0.5) is 0 Å². The molecule has 0 aromatic carbocycles. The normalized spacial score (nSPS) is 12.5. The summed E-state index contributed by atoms with van der Waals surface area (Å²) in [6.07, 6.45) is 3.44. The van der Waals surface area contributed by atoms with Crippen LogP contribution in [0.5, 0.6) is 0 Å². The highest BCUT2D eigenvalue weighted by Crippen LogP contribution is 2.03. The van der Waals surface area contributed by atoms with E-state index in [1.54, 1.807) is 6.08 Å². The van der Waals surface area contributed by atoms with Crippen LogP contribution < -0.4 is 0 Å². The van der Waals surface area contributed by atoms with Gasteiger partial charge in [-0.1, -0.05) is 6.08 Å². The van der Waals surface area contributed by atoms with Gasteiger partial charge in [0.1, 0.15) is 0 Å². The van der Waals surface area contributed by atoms with E-state index in [4.69, 9.17) is 10.2 Å². The number of rotatable bonds is 6. The van der Waals surface area contributed by atoms with Gasteiger partial charge in [-0.2, -0.15) is 0 Å².